The molecule has 0 aliphatic heterocycles. The average Bonchev–Trinajstić information content (AvgIpc) is 2.48. The Morgan fingerprint density at radius 2 is 1.95 bits per heavy atom. The van der Waals surface area contributed by atoms with Crippen LogP contribution in [-0.4, -0.2) is 13.0 Å². The van der Waals surface area contributed by atoms with Crippen LogP contribution in [0.25, 0.3) is 0 Å². The summed E-state index contributed by atoms with van der Waals surface area (Å²) in [5.41, 5.74) is 7.74. The Balaban J connectivity index is 2.16. The van der Waals surface area contributed by atoms with Crippen LogP contribution in [0.4, 0.5) is 10.1 Å². The molecule has 0 spiro atoms. The number of halogens is 1. The molecular weight excluding hydrogens is 271 g/mol. The van der Waals surface area contributed by atoms with Gasteiger partial charge in [0.2, 0.25) is 5.91 Å². The van der Waals surface area contributed by atoms with Crippen molar-refractivity contribution in [2.45, 2.75) is 13.2 Å². The fourth-order valence-electron chi connectivity index (χ4n) is 2.03. The van der Waals surface area contributed by atoms with Gasteiger partial charge in [-0.1, -0.05) is 24.3 Å². The largest absolute Gasteiger partial charge is 0.380 e. The third-order valence-corrected chi connectivity index (χ3v) is 3.14. The number of nitrogens with one attached hydrogen (secondary N) is 1. The molecule has 0 heterocycles. The SMILES string of the molecule is COCc1ccccc1CNc1cc(C(N)=O)ccc1F. The topological polar surface area (TPSA) is 64.3 Å². The lowest BCUT2D eigenvalue weighted by Crippen LogP contribution is -2.12. The van der Waals surface area contributed by atoms with Gasteiger partial charge in [0.1, 0.15) is 5.82 Å². The fourth-order valence-corrected chi connectivity index (χ4v) is 2.03. The summed E-state index contributed by atoms with van der Waals surface area (Å²) in [6, 6.07) is 11.7. The van der Waals surface area contributed by atoms with Crippen LogP contribution in [0.5, 0.6) is 0 Å². The van der Waals surface area contributed by atoms with E-state index in [2.05, 4.69) is 5.32 Å². The van der Waals surface area contributed by atoms with Crippen molar-refractivity contribution in [1.29, 1.82) is 0 Å². The molecule has 0 radical (unpaired) electrons. The van der Waals surface area contributed by atoms with Crippen LogP contribution >= 0.6 is 0 Å². The molecule has 0 saturated heterocycles. The minimum atomic E-state index is -0.585. The summed E-state index contributed by atoms with van der Waals surface area (Å²) in [4.78, 5) is 11.1. The van der Waals surface area contributed by atoms with Crippen LogP contribution in [-0.2, 0) is 17.9 Å². The van der Waals surface area contributed by atoms with Gasteiger partial charge in [0, 0.05) is 19.2 Å². The van der Waals surface area contributed by atoms with Crippen molar-refractivity contribution in [3.63, 3.8) is 0 Å². The molecule has 3 N–H and O–H groups in total. The van der Waals surface area contributed by atoms with Crippen LogP contribution in [0.1, 0.15) is 21.5 Å². The first-order chi connectivity index (χ1) is 10.1. The Bertz CT molecular complexity index is 644. The van der Waals surface area contributed by atoms with E-state index in [1.807, 2.05) is 24.3 Å². The van der Waals surface area contributed by atoms with Crippen LogP contribution in [0, 0.1) is 5.82 Å². The predicted molar refractivity (Wildman–Crippen MR) is 79.4 cm³/mol. The zero-order chi connectivity index (χ0) is 15.2. The zero-order valence-electron chi connectivity index (χ0n) is 11.7. The smallest absolute Gasteiger partial charge is 0.248 e. The highest BCUT2D eigenvalue weighted by Gasteiger charge is 2.08. The van der Waals surface area contributed by atoms with Gasteiger partial charge in [0.25, 0.3) is 0 Å². The highest BCUT2D eigenvalue weighted by molar-refractivity contribution is 5.93. The average molecular weight is 288 g/mol. The number of hydrogen-bond donors (Lipinski definition) is 2. The quantitative estimate of drug-likeness (QED) is 0.859. The van der Waals surface area contributed by atoms with E-state index in [0.29, 0.717) is 13.2 Å². The maximum Gasteiger partial charge on any atom is 0.248 e. The van der Waals surface area contributed by atoms with Gasteiger partial charge < -0.3 is 15.8 Å². The van der Waals surface area contributed by atoms with Gasteiger partial charge >= 0.3 is 0 Å². The lowest BCUT2D eigenvalue weighted by Gasteiger charge is -2.12. The van der Waals surface area contributed by atoms with Crippen molar-refractivity contribution in [3.8, 4) is 0 Å². The number of ether oxygens (including phenoxy) is 1. The summed E-state index contributed by atoms with van der Waals surface area (Å²) in [6.45, 7) is 0.917. The molecule has 0 saturated carbocycles. The van der Waals surface area contributed by atoms with Crippen molar-refractivity contribution in [1.82, 2.24) is 0 Å². The highest BCUT2D eigenvalue weighted by Crippen LogP contribution is 2.18. The minimum absolute atomic E-state index is 0.249. The number of carbonyl (C=O) groups excluding carboxylic acids is 1. The van der Waals surface area contributed by atoms with E-state index in [4.69, 9.17) is 10.5 Å². The second-order valence-electron chi connectivity index (χ2n) is 4.61. The molecule has 0 bridgehead atoms. The Labute approximate surface area is 122 Å². The van der Waals surface area contributed by atoms with Gasteiger partial charge in [0.15, 0.2) is 0 Å². The van der Waals surface area contributed by atoms with Crippen LogP contribution in [0.2, 0.25) is 0 Å². The van der Waals surface area contributed by atoms with Gasteiger partial charge in [0.05, 0.1) is 12.3 Å². The third kappa shape index (κ3) is 3.79. The number of amides is 1. The summed E-state index contributed by atoms with van der Waals surface area (Å²) < 4.78 is 18.9. The molecule has 0 atom stereocenters. The first kappa shape index (κ1) is 15.0. The fraction of sp³-hybridized carbons (Fsp3) is 0.188. The molecule has 0 aromatic heterocycles. The minimum Gasteiger partial charge on any atom is -0.380 e. The molecule has 110 valence electrons. The van der Waals surface area contributed by atoms with E-state index in [0.717, 1.165) is 11.1 Å². The van der Waals surface area contributed by atoms with Crippen molar-refractivity contribution >= 4 is 11.6 Å². The van der Waals surface area contributed by atoms with E-state index in [9.17, 15) is 9.18 Å². The van der Waals surface area contributed by atoms with E-state index < -0.39 is 11.7 Å². The zero-order valence-corrected chi connectivity index (χ0v) is 11.7. The second-order valence-corrected chi connectivity index (χ2v) is 4.61. The van der Waals surface area contributed by atoms with E-state index in [1.54, 1.807) is 7.11 Å². The van der Waals surface area contributed by atoms with E-state index in [1.165, 1.54) is 18.2 Å². The van der Waals surface area contributed by atoms with E-state index >= 15 is 0 Å². The molecule has 2 aromatic rings. The molecule has 5 heteroatoms. The molecule has 2 aromatic carbocycles. The Hall–Kier alpha value is -2.40. The monoisotopic (exact) mass is 288 g/mol. The summed E-state index contributed by atoms with van der Waals surface area (Å²) in [5, 5.41) is 2.98. The Morgan fingerprint density at radius 1 is 1.24 bits per heavy atom. The molecule has 21 heavy (non-hydrogen) atoms. The highest BCUT2D eigenvalue weighted by atomic mass is 19.1. The number of carbonyl (C=O) groups is 1. The summed E-state index contributed by atoms with van der Waals surface area (Å²) >= 11 is 0. The molecule has 0 unspecified atom stereocenters. The van der Waals surface area contributed by atoms with Gasteiger partial charge in [-0.25, -0.2) is 4.39 Å². The molecule has 4 nitrogen and oxygen atoms in total. The molecule has 0 fully saturated rings. The van der Waals surface area contributed by atoms with E-state index in [-0.39, 0.29) is 11.3 Å². The Morgan fingerprint density at radius 3 is 2.62 bits per heavy atom. The van der Waals surface area contributed by atoms with Crippen molar-refractivity contribution in [2.75, 3.05) is 12.4 Å². The van der Waals surface area contributed by atoms with Crippen LogP contribution in [0.15, 0.2) is 42.5 Å². The number of anilines is 1. The van der Waals surface area contributed by atoms with Gasteiger partial charge in [-0.15, -0.1) is 0 Å². The number of methoxy groups -OCH3 is 1. The summed E-state index contributed by atoms with van der Waals surface area (Å²) in [5.74, 6) is -1.01. The molecular formula is C16H17FN2O2. The standard InChI is InChI=1S/C16H17FN2O2/c1-21-10-13-5-3-2-4-12(13)9-19-15-8-11(16(18)20)6-7-14(15)17/h2-8,19H,9-10H2,1H3,(H2,18,20). The number of benzene rings is 2. The van der Waals surface area contributed by atoms with Crippen molar-refractivity contribution in [2.24, 2.45) is 5.73 Å². The summed E-state index contributed by atoms with van der Waals surface area (Å²) in [6.07, 6.45) is 0. The lowest BCUT2D eigenvalue weighted by molar-refractivity contribution is 0.100. The molecule has 1 amide bonds. The second kappa shape index (κ2) is 6.85. The molecule has 0 aliphatic rings. The van der Waals surface area contributed by atoms with Crippen LogP contribution < -0.4 is 11.1 Å². The normalized spacial score (nSPS) is 10.4. The lowest BCUT2D eigenvalue weighted by atomic mass is 10.1. The maximum atomic E-state index is 13.7. The molecule has 2 rings (SSSR count). The van der Waals surface area contributed by atoms with Gasteiger partial charge in [-0.2, -0.15) is 0 Å². The number of hydrogen-bond acceptors (Lipinski definition) is 3. The summed E-state index contributed by atoms with van der Waals surface area (Å²) in [7, 11) is 1.63. The first-order valence-electron chi connectivity index (χ1n) is 6.50. The number of rotatable bonds is 6. The third-order valence-electron chi connectivity index (χ3n) is 3.14. The number of nitrogens with two attached hydrogens (primary N) is 1. The van der Waals surface area contributed by atoms with Gasteiger partial charge in [-0.05, 0) is 29.3 Å². The first-order valence-corrected chi connectivity index (χ1v) is 6.50. The molecule has 0 aliphatic carbocycles. The van der Waals surface area contributed by atoms with Gasteiger partial charge in [-0.3, -0.25) is 4.79 Å². The number of primary amides is 1. The predicted octanol–water partition coefficient (Wildman–Crippen LogP) is 2.68. The van der Waals surface area contributed by atoms with Crippen molar-refractivity contribution in [3.05, 3.63) is 65.0 Å². The van der Waals surface area contributed by atoms with Crippen LogP contribution in [0.3, 0.4) is 0 Å². The van der Waals surface area contributed by atoms with Crippen molar-refractivity contribution < 1.29 is 13.9 Å². The Kier molecular flexibility index (Phi) is 4.90. The maximum absolute atomic E-state index is 13.7.